The van der Waals surface area contributed by atoms with E-state index in [0.29, 0.717) is 5.56 Å². The fourth-order valence-electron chi connectivity index (χ4n) is 5.53. The van der Waals surface area contributed by atoms with Crippen LogP contribution in [0.4, 0.5) is 0 Å². The van der Waals surface area contributed by atoms with Gasteiger partial charge >= 0.3 is 0 Å². The molecule has 7 aromatic rings. The van der Waals surface area contributed by atoms with Crippen LogP contribution in [-0.4, -0.2) is 4.40 Å². The highest BCUT2D eigenvalue weighted by molar-refractivity contribution is 6.26. The second-order valence-electron chi connectivity index (χ2n) is 8.82. The maximum atomic E-state index is 7.88. The Morgan fingerprint density at radius 2 is 1.69 bits per heavy atom. The Kier molecular flexibility index (Phi) is 2.85. The van der Waals surface area contributed by atoms with Gasteiger partial charge < -0.3 is 4.40 Å². The summed E-state index contributed by atoms with van der Waals surface area (Å²) >= 11 is 0. The van der Waals surface area contributed by atoms with Gasteiger partial charge in [0.2, 0.25) is 5.52 Å². The zero-order valence-corrected chi connectivity index (χ0v) is 18.0. The molecule has 2 heteroatoms. The summed E-state index contributed by atoms with van der Waals surface area (Å²) in [7, 11) is 2.11. The van der Waals surface area contributed by atoms with E-state index in [4.69, 9.17) is 4.11 Å². The molecule has 0 saturated carbocycles. The standard InChI is InChI=1S/C30H23N2/c1-18-7-6-8-20(15-18)22-16-21-13-14-31(3)30-27-19(2)11-12-24-23-9-4-5-10-25(23)32(29(24)27)26(17-22)28(21)30/h4-17H,1-3H3/q+1/i1D3. The Hall–Kier alpha value is -3.91. The summed E-state index contributed by atoms with van der Waals surface area (Å²) in [6.07, 6.45) is 2.13. The Morgan fingerprint density at radius 1 is 0.781 bits per heavy atom. The van der Waals surface area contributed by atoms with Crippen LogP contribution in [0.2, 0.25) is 0 Å². The van der Waals surface area contributed by atoms with Gasteiger partial charge in [0.15, 0.2) is 6.20 Å². The van der Waals surface area contributed by atoms with E-state index in [-0.39, 0.29) is 0 Å². The molecule has 0 amide bonds. The highest BCUT2D eigenvalue weighted by Gasteiger charge is 2.24. The number of benzene rings is 4. The number of nitrogens with zero attached hydrogens (tertiary/aromatic N) is 2. The molecule has 0 spiro atoms. The minimum Gasteiger partial charge on any atom is -0.307 e. The summed E-state index contributed by atoms with van der Waals surface area (Å²) in [6, 6.07) is 26.9. The van der Waals surface area contributed by atoms with Crippen LogP contribution >= 0.6 is 0 Å². The molecule has 0 aliphatic rings. The largest absolute Gasteiger partial charge is 0.307 e. The van der Waals surface area contributed by atoms with Crippen LogP contribution in [0.3, 0.4) is 0 Å². The average molecular weight is 415 g/mol. The number of aryl methyl sites for hydroxylation is 3. The summed E-state index contributed by atoms with van der Waals surface area (Å²) in [5.74, 6) is 0. The lowest BCUT2D eigenvalue weighted by atomic mass is 9.96. The van der Waals surface area contributed by atoms with Gasteiger partial charge in [0, 0.05) is 21.0 Å². The number of pyridine rings is 2. The van der Waals surface area contributed by atoms with Gasteiger partial charge in [-0.25, -0.2) is 4.57 Å². The molecular weight excluding hydrogens is 388 g/mol. The smallest absolute Gasteiger partial charge is 0.224 e. The lowest BCUT2D eigenvalue weighted by Crippen LogP contribution is -2.28. The molecule has 0 saturated heterocycles. The van der Waals surface area contributed by atoms with E-state index in [1.165, 1.54) is 43.7 Å². The van der Waals surface area contributed by atoms with E-state index in [2.05, 4.69) is 83.7 Å². The van der Waals surface area contributed by atoms with Gasteiger partial charge in [-0.05, 0) is 54.1 Å². The van der Waals surface area contributed by atoms with Crippen LogP contribution in [0.25, 0.3) is 60.1 Å². The first-order valence-electron chi connectivity index (χ1n) is 12.4. The molecular formula is C30H23N2+. The van der Waals surface area contributed by atoms with Crippen LogP contribution in [-0.2, 0) is 7.05 Å². The van der Waals surface area contributed by atoms with E-state index in [9.17, 15) is 0 Å². The van der Waals surface area contributed by atoms with Crippen LogP contribution in [0, 0.1) is 13.8 Å². The van der Waals surface area contributed by atoms with E-state index in [0.717, 1.165) is 22.0 Å². The predicted molar refractivity (Wildman–Crippen MR) is 135 cm³/mol. The summed E-state index contributed by atoms with van der Waals surface area (Å²) < 4.78 is 28.3. The molecule has 0 aliphatic heterocycles. The van der Waals surface area contributed by atoms with E-state index in [1.54, 1.807) is 12.1 Å². The first-order valence-corrected chi connectivity index (χ1v) is 10.9. The van der Waals surface area contributed by atoms with Crippen molar-refractivity contribution in [3.8, 4) is 11.1 Å². The van der Waals surface area contributed by atoms with E-state index in [1.807, 2.05) is 12.1 Å². The van der Waals surface area contributed by atoms with Gasteiger partial charge in [-0.2, -0.15) is 0 Å². The molecule has 3 heterocycles. The number of para-hydroxylation sites is 1. The van der Waals surface area contributed by atoms with Gasteiger partial charge in [-0.1, -0.05) is 60.2 Å². The van der Waals surface area contributed by atoms with Crippen molar-refractivity contribution >= 4 is 49.0 Å². The molecule has 0 bridgehead atoms. The van der Waals surface area contributed by atoms with Gasteiger partial charge in [0.05, 0.1) is 27.3 Å². The average Bonchev–Trinajstić information content (AvgIpc) is 3.19. The first kappa shape index (κ1) is 15.0. The van der Waals surface area contributed by atoms with Crippen molar-refractivity contribution in [1.29, 1.82) is 0 Å². The zero-order valence-electron chi connectivity index (χ0n) is 21.0. The van der Waals surface area contributed by atoms with Crippen LogP contribution in [0.5, 0.6) is 0 Å². The Morgan fingerprint density at radius 3 is 2.59 bits per heavy atom. The van der Waals surface area contributed by atoms with Gasteiger partial charge in [-0.15, -0.1) is 0 Å². The topological polar surface area (TPSA) is 8.29 Å². The van der Waals surface area contributed by atoms with Crippen LogP contribution in [0.1, 0.15) is 15.2 Å². The van der Waals surface area contributed by atoms with Crippen molar-refractivity contribution in [3.05, 3.63) is 96.2 Å². The lowest BCUT2D eigenvalue weighted by Gasteiger charge is -2.14. The first-order chi connectivity index (χ1) is 16.8. The Bertz CT molecular complexity index is 1960. The van der Waals surface area contributed by atoms with E-state index < -0.39 is 6.85 Å². The lowest BCUT2D eigenvalue weighted by molar-refractivity contribution is -0.643. The Balaban J connectivity index is 1.73. The fraction of sp³-hybridized carbons (Fsp3) is 0.100. The Labute approximate surface area is 190 Å². The monoisotopic (exact) mass is 414 g/mol. The molecule has 0 N–H and O–H groups in total. The van der Waals surface area contributed by atoms with Crippen molar-refractivity contribution in [2.24, 2.45) is 7.05 Å². The third-order valence-electron chi connectivity index (χ3n) is 6.93. The molecule has 0 fully saturated rings. The summed E-state index contributed by atoms with van der Waals surface area (Å²) in [4.78, 5) is 0. The second kappa shape index (κ2) is 6.08. The van der Waals surface area contributed by atoms with Gasteiger partial charge in [0.25, 0.3) is 0 Å². The van der Waals surface area contributed by atoms with Crippen molar-refractivity contribution < 1.29 is 8.68 Å². The predicted octanol–water partition coefficient (Wildman–Crippen LogP) is 7.10. The SMILES string of the molecule is [2H]C([2H])([2H])c1cccc(-c2cc3cc[n+](C)c4c5c(C)ccc6c7ccccc7n(c(c2)c34)c65)c1. The molecule has 0 aliphatic carbocycles. The maximum absolute atomic E-state index is 7.88. The molecule has 32 heavy (non-hydrogen) atoms. The summed E-state index contributed by atoms with van der Waals surface area (Å²) in [5, 5.41) is 6.12. The zero-order chi connectivity index (χ0) is 24.1. The molecule has 4 aromatic carbocycles. The van der Waals surface area contributed by atoms with Crippen LogP contribution in [0.15, 0.2) is 85.1 Å². The van der Waals surface area contributed by atoms with E-state index >= 15 is 0 Å². The fourth-order valence-corrected chi connectivity index (χ4v) is 5.53. The molecule has 152 valence electrons. The van der Waals surface area contributed by atoms with Crippen molar-refractivity contribution in [2.75, 3.05) is 0 Å². The highest BCUT2D eigenvalue weighted by Crippen LogP contribution is 2.41. The number of fused-ring (bicyclic) bond motifs is 5. The van der Waals surface area contributed by atoms with Gasteiger partial charge in [-0.3, -0.25) is 0 Å². The number of hydrogen-bond donors (Lipinski definition) is 0. The number of hydrogen-bond acceptors (Lipinski definition) is 0. The normalized spacial score (nSPS) is 14.0. The van der Waals surface area contributed by atoms with Crippen molar-refractivity contribution in [3.63, 3.8) is 0 Å². The van der Waals surface area contributed by atoms with Crippen molar-refractivity contribution in [2.45, 2.75) is 13.8 Å². The number of rotatable bonds is 1. The molecule has 0 unspecified atom stereocenters. The van der Waals surface area contributed by atoms with Crippen molar-refractivity contribution in [1.82, 2.24) is 4.40 Å². The van der Waals surface area contributed by atoms with Crippen LogP contribution < -0.4 is 4.57 Å². The molecule has 0 radical (unpaired) electrons. The molecule has 2 nitrogen and oxygen atoms in total. The third kappa shape index (κ3) is 2.17. The third-order valence-corrected chi connectivity index (χ3v) is 6.93. The summed E-state index contributed by atoms with van der Waals surface area (Å²) in [6.45, 7) is 0.0522. The highest BCUT2D eigenvalue weighted by atomic mass is 15.0. The quantitative estimate of drug-likeness (QED) is 0.154. The molecule has 3 aromatic heterocycles. The minimum absolute atomic E-state index is 0.360. The molecule has 0 atom stereocenters. The summed E-state index contributed by atoms with van der Waals surface area (Å²) in [5.41, 5.74) is 8.31. The maximum Gasteiger partial charge on any atom is 0.224 e. The minimum atomic E-state index is -2.14. The molecule has 7 rings (SSSR count). The second-order valence-corrected chi connectivity index (χ2v) is 8.82. The van der Waals surface area contributed by atoms with Gasteiger partial charge in [0.1, 0.15) is 7.05 Å². The number of aromatic nitrogens is 2.